The van der Waals surface area contributed by atoms with Crippen molar-refractivity contribution in [3.8, 4) is 5.75 Å². The predicted molar refractivity (Wildman–Crippen MR) is 124 cm³/mol. The number of carbonyl (C=O) groups excluding carboxylic acids is 2. The summed E-state index contributed by atoms with van der Waals surface area (Å²) < 4.78 is 40.7. The molecular formula is C25H28F3N5O3. The Balaban J connectivity index is 1.11. The van der Waals surface area contributed by atoms with Crippen LogP contribution in [0.4, 0.5) is 13.2 Å². The van der Waals surface area contributed by atoms with Crippen molar-refractivity contribution in [3.05, 3.63) is 53.6 Å². The normalized spacial score (nSPS) is 24.4. The number of hydrogen-bond donors (Lipinski definition) is 2. The van der Waals surface area contributed by atoms with Crippen molar-refractivity contribution in [3.63, 3.8) is 0 Å². The van der Waals surface area contributed by atoms with Crippen molar-refractivity contribution in [1.29, 1.82) is 0 Å². The predicted octanol–water partition coefficient (Wildman–Crippen LogP) is 2.73. The Hall–Kier alpha value is -3.34. The van der Waals surface area contributed by atoms with Crippen LogP contribution in [-0.4, -0.2) is 70.2 Å². The van der Waals surface area contributed by atoms with Crippen molar-refractivity contribution >= 4 is 17.9 Å². The number of imidazole rings is 1. The number of halogens is 3. The van der Waals surface area contributed by atoms with Gasteiger partial charge in [-0.15, -0.1) is 13.2 Å². The zero-order valence-corrected chi connectivity index (χ0v) is 19.6. The van der Waals surface area contributed by atoms with Crippen molar-refractivity contribution in [2.24, 2.45) is 11.8 Å². The van der Waals surface area contributed by atoms with E-state index < -0.39 is 6.36 Å². The summed E-state index contributed by atoms with van der Waals surface area (Å²) in [6, 6.07) is 5.12. The third-order valence-electron chi connectivity index (χ3n) is 7.30. The maximum Gasteiger partial charge on any atom is 0.573 e. The van der Waals surface area contributed by atoms with Gasteiger partial charge < -0.3 is 19.5 Å². The number of nitrogens with zero attached hydrogens (tertiary/aromatic N) is 3. The number of alkyl halides is 3. The molecule has 1 aromatic carbocycles. The van der Waals surface area contributed by atoms with Crippen molar-refractivity contribution in [2.75, 3.05) is 26.2 Å². The summed E-state index contributed by atoms with van der Waals surface area (Å²) in [5.41, 5.74) is 2.60. The fourth-order valence-corrected chi connectivity index (χ4v) is 5.37. The number of aromatic nitrogens is 2. The van der Waals surface area contributed by atoms with Crippen molar-refractivity contribution in [2.45, 2.75) is 38.2 Å². The van der Waals surface area contributed by atoms with Gasteiger partial charge in [0.05, 0.1) is 23.8 Å². The minimum atomic E-state index is -4.74. The molecule has 3 unspecified atom stereocenters. The van der Waals surface area contributed by atoms with E-state index in [0.29, 0.717) is 56.5 Å². The average molecular weight is 504 g/mol. The van der Waals surface area contributed by atoms with E-state index in [2.05, 4.69) is 20.0 Å². The maximum atomic E-state index is 13.1. The number of benzene rings is 1. The van der Waals surface area contributed by atoms with Crippen LogP contribution < -0.4 is 10.1 Å². The maximum absolute atomic E-state index is 13.1. The molecule has 0 aliphatic carbocycles. The molecule has 3 aliphatic rings. The topological polar surface area (TPSA) is 90.6 Å². The Morgan fingerprint density at radius 1 is 1.06 bits per heavy atom. The number of hydrogen-bond acceptors (Lipinski definition) is 5. The summed E-state index contributed by atoms with van der Waals surface area (Å²) in [5, 5.41) is 3.31. The Labute approximate surface area is 206 Å². The summed E-state index contributed by atoms with van der Waals surface area (Å²) in [4.78, 5) is 37.1. The molecule has 3 atom stereocenters. The molecular weight excluding hydrogens is 475 g/mol. The summed E-state index contributed by atoms with van der Waals surface area (Å²) in [5.74, 6) is 0.421. The molecule has 0 bridgehead atoms. The van der Waals surface area contributed by atoms with Crippen LogP contribution in [0.3, 0.4) is 0 Å². The van der Waals surface area contributed by atoms with Gasteiger partial charge in [0.1, 0.15) is 5.75 Å². The van der Waals surface area contributed by atoms with Gasteiger partial charge in [-0.05, 0) is 48.4 Å². The second kappa shape index (κ2) is 9.96. The third-order valence-corrected chi connectivity index (χ3v) is 7.30. The first-order valence-electron chi connectivity index (χ1n) is 12.1. The molecule has 5 rings (SSSR count). The summed E-state index contributed by atoms with van der Waals surface area (Å²) in [6.45, 7) is 3.26. The molecule has 2 saturated heterocycles. The molecule has 3 aliphatic heterocycles. The highest BCUT2D eigenvalue weighted by atomic mass is 19.4. The van der Waals surface area contributed by atoms with Gasteiger partial charge in [-0.1, -0.05) is 12.1 Å². The first kappa shape index (κ1) is 24.4. The number of fused-ring (bicyclic) bond motifs is 2. The van der Waals surface area contributed by atoms with E-state index >= 15 is 0 Å². The zero-order chi connectivity index (χ0) is 25.3. The third kappa shape index (κ3) is 5.56. The van der Waals surface area contributed by atoms with Crippen LogP contribution in [0.25, 0.3) is 6.08 Å². The molecule has 4 heterocycles. The van der Waals surface area contributed by atoms with Gasteiger partial charge in [-0.2, -0.15) is 0 Å². The van der Waals surface area contributed by atoms with Gasteiger partial charge in [0, 0.05) is 45.2 Å². The molecule has 0 saturated carbocycles. The lowest BCUT2D eigenvalue weighted by molar-refractivity contribution is -0.274. The molecule has 8 nitrogen and oxygen atoms in total. The van der Waals surface area contributed by atoms with Crippen LogP contribution in [0.15, 0.2) is 36.7 Å². The van der Waals surface area contributed by atoms with Crippen LogP contribution in [0.2, 0.25) is 0 Å². The molecule has 11 heteroatoms. The summed E-state index contributed by atoms with van der Waals surface area (Å²) >= 11 is 0. The molecule has 2 aromatic rings. The highest BCUT2D eigenvalue weighted by Gasteiger charge is 2.40. The Bertz CT molecular complexity index is 1110. The van der Waals surface area contributed by atoms with E-state index in [0.717, 1.165) is 24.2 Å². The monoisotopic (exact) mass is 503 g/mol. The smallest absolute Gasteiger partial charge is 0.406 e. The van der Waals surface area contributed by atoms with Gasteiger partial charge in [-0.3, -0.25) is 14.9 Å². The number of ether oxygens (including phenoxy) is 1. The van der Waals surface area contributed by atoms with E-state index in [1.165, 1.54) is 30.3 Å². The van der Waals surface area contributed by atoms with Crippen LogP contribution in [0.5, 0.6) is 5.75 Å². The number of amides is 2. The van der Waals surface area contributed by atoms with E-state index in [-0.39, 0.29) is 23.6 Å². The lowest BCUT2D eigenvalue weighted by atomic mass is 9.92. The molecule has 0 radical (unpaired) electrons. The van der Waals surface area contributed by atoms with Gasteiger partial charge in [0.2, 0.25) is 11.8 Å². The Morgan fingerprint density at radius 2 is 1.75 bits per heavy atom. The van der Waals surface area contributed by atoms with E-state index in [1.54, 1.807) is 12.4 Å². The van der Waals surface area contributed by atoms with Crippen LogP contribution in [-0.2, 0) is 22.6 Å². The van der Waals surface area contributed by atoms with Crippen LogP contribution in [0, 0.1) is 11.8 Å². The zero-order valence-electron chi connectivity index (χ0n) is 19.6. The van der Waals surface area contributed by atoms with Gasteiger partial charge in [-0.25, -0.2) is 4.98 Å². The second-order valence-electron chi connectivity index (χ2n) is 9.58. The lowest BCUT2D eigenvalue weighted by Crippen LogP contribution is -2.49. The summed E-state index contributed by atoms with van der Waals surface area (Å²) in [7, 11) is 0. The molecule has 2 N–H and O–H groups in total. The van der Waals surface area contributed by atoms with Crippen LogP contribution in [0.1, 0.15) is 29.8 Å². The molecule has 36 heavy (non-hydrogen) atoms. The van der Waals surface area contributed by atoms with Gasteiger partial charge >= 0.3 is 6.36 Å². The van der Waals surface area contributed by atoms with E-state index in [4.69, 9.17) is 0 Å². The van der Waals surface area contributed by atoms with E-state index in [9.17, 15) is 22.8 Å². The molecule has 2 fully saturated rings. The summed E-state index contributed by atoms with van der Waals surface area (Å²) in [6.07, 6.45) is 2.23. The number of aromatic amines is 1. The van der Waals surface area contributed by atoms with Crippen molar-refractivity contribution < 1.29 is 27.5 Å². The minimum Gasteiger partial charge on any atom is -0.406 e. The first-order valence-corrected chi connectivity index (χ1v) is 12.1. The molecule has 0 spiro atoms. The number of nitrogens with one attached hydrogen (secondary N) is 2. The fraction of sp³-hybridized carbons (Fsp3) is 0.480. The number of H-pyrrole nitrogens is 1. The highest BCUT2D eigenvalue weighted by molar-refractivity contribution is 5.91. The molecule has 2 amide bonds. The fourth-order valence-electron chi connectivity index (χ4n) is 5.37. The van der Waals surface area contributed by atoms with Crippen molar-refractivity contribution in [1.82, 2.24) is 25.1 Å². The first-order chi connectivity index (χ1) is 17.2. The Kier molecular flexibility index (Phi) is 6.74. The largest absolute Gasteiger partial charge is 0.573 e. The van der Waals surface area contributed by atoms with E-state index in [1.807, 2.05) is 9.80 Å². The average Bonchev–Trinajstić information content (AvgIpc) is 3.44. The molecule has 192 valence electrons. The second-order valence-corrected chi connectivity index (χ2v) is 9.58. The van der Waals surface area contributed by atoms with Gasteiger partial charge in [0.15, 0.2) is 0 Å². The molecule has 1 aromatic heterocycles. The number of carbonyl (C=O) groups is 2. The standard InChI is InChI=1S/C25H28F3N5O3/c26-25(27,28)36-19-4-1-16(2-5-19)3-6-23(34)32-9-7-17-13-33(14-18(17)8-10-32)24(35)21-11-20-22(12-29-21)31-15-30-20/h1-6,15,17-18,21,29H,7-14H2,(H,30,31)/b6-3+. The van der Waals surface area contributed by atoms with Gasteiger partial charge in [0.25, 0.3) is 0 Å². The lowest BCUT2D eigenvalue weighted by Gasteiger charge is -2.27. The Morgan fingerprint density at radius 3 is 2.42 bits per heavy atom. The van der Waals surface area contributed by atoms with Crippen LogP contribution >= 0.6 is 0 Å². The highest BCUT2D eigenvalue weighted by Crippen LogP contribution is 2.33. The quantitative estimate of drug-likeness (QED) is 0.627. The number of rotatable bonds is 4. The minimum absolute atomic E-state index is 0.124. The SMILES string of the molecule is O=C(/C=C/c1ccc(OC(F)(F)F)cc1)N1CCC2CN(C(=O)C3Cc4nc[nH]c4CN3)CC2CC1. The number of likely N-dealkylation sites (tertiary alicyclic amines) is 2.